The number of nitrogens with zero attached hydrogens (tertiary/aromatic N) is 3. The Morgan fingerprint density at radius 1 is 1.14 bits per heavy atom. The zero-order valence-electron chi connectivity index (χ0n) is 19.9. The van der Waals surface area contributed by atoms with Gasteiger partial charge in [0, 0.05) is 28.9 Å². The molecule has 3 aromatic rings. The van der Waals surface area contributed by atoms with Crippen LogP contribution in [0, 0.1) is 0 Å². The van der Waals surface area contributed by atoms with Gasteiger partial charge < -0.3 is 10.1 Å². The van der Waals surface area contributed by atoms with Crippen LogP contribution in [0.15, 0.2) is 42.2 Å². The Balaban J connectivity index is 1.50. The van der Waals surface area contributed by atoms with E-state index < -0.39 is 15.4 Å². The van der Waals surface area contributed by atoms with E-state index in [-0.39, 0.29) is 16.3 Å². The first kappa shape index (κ1) is 25.1. The molecule has 0 spiro atoms. The first-order valence-corrected chi connectivity index (χ1v) is 14.1. The maximum Gasteiger partial charge on any atom is 0.237 e. The fourth-order valence-corrected chi connectivity index (χ4v) is 6.28. The van der Waals surface area contributed by atoms with Crippen LogP contribution in [0.3, 0.4) is 0 Å². The van der Waals surface area contributed by atoms with Crippen LogP contribution >= 0.6 is 11.3 Å². The normalized spacial score (nSPS) is 13.9. The van der Waals surface area contributed by atoms with Crippen LogP contribution < -0.4 is 14.8 Å². The van der Waals surface area contributed by atoms with Gasteiger partial charge in [0.05, 0.1) is 29.2 Å². The predicted molar refractivity (Wildman–Crippen MR) is 137 cm³/mol. The highest BCUT2D eigenvalue weighted by Gasteiger charge is 2.40. The topological polar surface area (TPSA) is 123 Å². The molecule has 1 aliphatic rings. The first-order chi connectivity index (χ1) is 16.8. The van der Waals surface area contributed by atoms with Crippen molar-refractivity contribution in [3.63, 3.8) is 0 Å². The zero-order valence-corrected chi connectivity index (χ0v) is 21.6. The molecule has 0 aliphatic heterocycles. The summed E-state index contributed by atoms with van der Waals surface area (Å²) in [5, 5.41) is 4.62. The number of nitrogens with one attached hydrogen (secondary N) is 2. The molecule has 1 amide bonds. The van der Waals surface area contributed by atoms with Crippen molar-refractivity contribution in [1.29, 1.82) is 0 Å². The zero-order chi connectivity index (χ0) is 25.1. The molecular formula is C24H29N5O4S2. The van der Waals surface area contributed by atoms with E-state index in [2.05, 4.69) is 25.0 Å². The maximum atomic E-state index is 13.4. The number of rotatable bonds is 11. The number of pyridine rings is 2. The standard InChI is InChI=1S/C24H29N5O4S2/c1-4-24(5-2,20-15-34-23(27-20)29-35(31,32)19-8-9-19)22(30)28-21-10-7-16(13-26-21)17-11-18(33-6-3)14-25-12-17/h7,10-15,19H,4-6,8-9H2,1-3H3,(H,27,29)(H,26,28,30). The summed E-state index contributed by atoms with van der Waals surface area (Å²) in [7, 11) is -3.41. The minimum Gasteiger partial charge on any atom is -0.492 e. The van der Waals surface area contributed by atoms with Gasteiger partial charge in [0.1, 0.15) is 11.6 Å². The molecular weight excluding hydrogens is 486 g/mol. The number of ether oxygens (including phenoxy) is 1. The molecule has 9 nitrogen and oxygen atoms in total. The summed E-state index contributed by atoms with van der Waals surface area (Å²) in [6.45, 7) is 6.31. The van der Waals surface area contributed by atoms with Crippen molar-refractivity contribution < 1.29 is 17.9 Å². The van der Waals surface area contributed by atoms with Gasteiger partial charge >= 0.3 is 0 Å². The quantitative estimate of drug-likeness (QED) is 0.382. The second-order valence-electron chi connectivity index (χ2n) is 8.40. The summed E-state index contributed by atoms with van der Waals surface area (Å²) < 4.78 is 32.6. The van der Waals surface area contributed by atoms with Gasteiger partial charge in [0.2, 0.25) is 15.9 Å². The number of aromatic nitrogens is 3. The molecule has 2 N–H and O–H groups in total. The number of carbonyl (C=O) groups is 1. The van der Waals surface area contributed by atoms with Gasteiger partial charge in [-0.05, 0) is 50.8 Å². The summed E-state index contributed by atoms with van der Waals surface area (Å²) >= 11 is 1.19. The Labute approximate surface area is 209 Å². The maximum absolute atomic E-state index is 13.4. The van der Waals surface area contributed by atoms with Crippen molar-refractivity contribution in [2.45, 2.75) is 57.1 Å². The number of hydrogen-bond donors (Lipinski definition) is 2. The molecule has 1 aliphatic carbocycles. The molecule has 11 heteroatoms. The third kappa shape index (κ3) is 5.46. The largest absolute Gasteiger partial charge is 0.492 e. The van der Waals surface area contributed by atoms with Gasteiger partial charge in [-0.2, -0.15) is 0 Å². The van der Waals surface area contributed by atoms with E-state index >= 15 is 0 Å². The summed E-state index contributed by atoms with van der Waals surface area (Å²) in [4.78, 5) is 26.5. The average Bonchev–Trinajstić information content (AvgIpc) is 3.63. The highest BCUT2D eigenvalue weighted by Crippen LogP contribution is 2.36. The molecule has 35 heavy (non-hydrogen) atoms. The van der Waals surface area contributed by atoms with Crippen LogP contribution in [0.2, 0.25) is 0 Å². The average molecular weight is 516 g/mol. The minimum absolute atomic E-state index is 0.232. The van der Waals surface area contributed by atoms with Crippen molar-refractivity contribution in [1.82, 2.24) is 15.0 Å². The summed E-state index contributed by atoms with van der Waals surface area (Å²) in [5.74, 6) is 0.869. The van der Waals surface area contributed by atoms with E-state index in [0.717, 1.165) is 11.1 Å². The molecule has 3 heterocycles. The highest BCUT2D eigenvalue weighted by atomic mass is 32.2. The summed E-state index contributed by atoms with van der Waals surface area (Å²) in [5.41, 5.74) is 1.35. The van der Waals surface area contributed by atoms with Gasteiger partial charge in [-0.1, -0.05) is 13.8 Å². The van der Waals surface area contributed by atoms with Gasteiger partial charge in [-0.25, -0.2) is 18.4 Å². The van der Waals surface area contributed by atoms with Gasteiger partial charge in [0.15, 0.2) is 5.13 Å². The Morgan fingerprint density at radius 2 is 1.91 bits per heavy atom. The monoisotopic (exact) mass is 515 g/mol. The van der Waals surface area contributed by atoms with Crippen molar-refractivity contribution in [3.05, 3.63) is 47.9 Å². The third-order valence-corrected chi connectivity index (χ3v) is 8.91. The molecule has 4 rings (SSSR count). The number of thiazole rings is 1. The number of hydrogen-bond acceptors (Lipinski definition) is 8. The fraction of sp³-hybridized carbons (Fsp3) is 0.417. The smallest absolute Gasteiger partial charge is 0.237 e. The lowest BCUT2D eigenvalue weighted by molar-refractivity contribution is -0.122. The lowest BCUT2D eigenvalue weighted by atomic mass is 9.78. The van der Waals surface area contributed by atoms with E-state index in [1.165, 1.54) is 11.3 Å². The molecule has 0 aromatic carbocycles. The Bertz CT molecular complexity index is 1280. The van der Waals surface area contributed by atoms with Crippen molar-refractivity contribution in [3.8, 4) is 16.9 Å². The van der Waals surface area contributed by atoms with E-state index in [4.69, 9.17) is 4.74 Å². The molecule has 0 unspecified atom stereocenters. The van der Waals surface area contributed by atoms with Crippen LogP contribution in [0.5, 0.6) is 5.75 Å². The molecule has 0 radical (unpaired) electrons. The molecule has 186 valence electrons. The van der Waals surface area contributed by atoms with Gasteiger partial charge in [-0.15, -0.1) is 11.3 Å². The molecule has 0 saturated heterocycles. The molecule has 1 fully saturated rings. The third-order valence-electron chi connectivity index (χ3n) is 6.19. The molecule has 0 atom stereocenters. The second-order valence-corrected chi connectivity index (χ2v) is 11.2. The predicted octanol–water partition coefficient (Wildman–Crippen LogP) is 4.60. The van der Waals surface area contributed by atoms with Crippen LogP contribution in [-0.4, -0.2) is 41.1 Å². The fourth-order valence-electron chi connectivity index (χ4n) is 3.87. The highest BCUT2D eigenvalue weighted by molar-refractivity contribution is 7.93. The second kappa shape index (κ2) is 10.3. The lowest BCUT2D eigenvalue weighted by Crippen LogP contribution is -2.40. The van der Waals surface area contributed by atoms with Crippen LogP contribution in [0.1, 0.15) is 52.1 Å². The summed E-state index contributed by atoms with van der Waals surface area (Å²) in [6, 6.07) is 5.50. The Hall–Kier alpha value is -3.05. The van der Waals surface area contributed by atoms with Crippen LogP contribution in [-0.2, 0) is 20.2 Å². The van der Waals surface area contributed by atoms with Gasteiger partial charge in [-0.3, -0.25) is 14.5 Å². The summed E-state index contributed by atoms with van der Waals surface area (Å²) in [6.07, 6.45) is 7.41. The number of carbonyl (C=O) groups excluding carboxylic acids is 1. The van der Waals surface area contributed by atoms with Gasteiger partial charge in [0.25, 0.3) is 0 Å². The van der Waals surface area contributed by atoms with Crippen molar-refractivity contribution in [2.75, 3.05) is 16.6 Å². The Kier molecular flexibility index (Phi) is 7.36. The number of amides is 1. The van der Waals surface area contributed by atoms with Crippen LogP contribution in [0.25, 0.3) is 11.1 Å². The van der Waals surface area contributed by atoms with E-state index in [1.54, 1.807) is 30.0 Å². The minimum atomic E-state index is -3.41. The van der Waals surface area contributed by atoms with E-state index in [0.29, 0.717) is 49.6 Å². The Morgan fingerprint density at radius 3 is 2.54 bits per heavy atom. The van der Waals surface area contributed by atoms with E-state index in [9.17, 15) is 13.2 Å². The van der Waals surface area contributed by atoms with E-state index in [1.807, 2.05) is 32.9 Å². The van der Waals surface area contributed by atoms with Crippen molar-refractivity contribution >= 4 is 38.2 Å². The first-order valence-electron chi connectivity index (χ1n) is 11.6. The van der Waals surface area contributed by atoms with Crippen molar-refractivity contribution in [2.24, 2.45) is 0 Å². The van der Waals surface area contributed by atoms with Crippen LogP contribution in [0.4, 0.5) is 10.9 Å². The SMILES string of the molecule is CCOc1cncc(-c2ccc(NC(=O)C(CC)(CC)c3csc(NS(=O)(=O)C4CC4)n3)nc2)c1. The molecule has 3 aromatic heterocycles. The number of sulfonamides is 1. The molecule has 0 bridgehead atoms. The number of anilines is 2. The lowest BCUT2D eigenvalue weighted by Gasteiger charge is -2.28. The molecule has 1 saturated carbocycles.